The topological polar surface area (TPSA) is 97.5 Å². The maximum atomic E-state index is 12.7. The first-order valence-electron chi connectivity index (χ1n) is 9.84. The van der Waals surface area contributed by atoms with Crippen LogP contribution in [0, 0.1) is 0 Å². The Labute approximate surface area is 198 Å². The van der Waals surface area contributed by atoms with Crippen LogP contribution in [0.3, 0.4) is 0 Å². The summed E-state index contributed by atoms with van der Waals surface area (Å²) in [4.78, 5) is 5.57. The molecule has 1 aromatic heterocycles. The average molecular weight is 502 g/mol. The zero-order valence-electron chi connectivity index (χ0n) is 16.8. The maximum absolute atomic E-state index is 12.7. The third kappa shape index (κ3) is 7.30. The summed E-state index contributed by atoms with van der Waals surface area (Å²) in [5.41, 5.74) is 6.75. The molecule has 2 aromatic rings. The van der Waals surface area contributed by atoms with Gasteiger partial charge in [0.2, 0.25) is 0 Å². The predicted octanol–water partition coefficient (Wildman–Crippen LogP) is 5.10. The van der Waals surface area contributed by atoms with Gasteiger partial charge in [0.1, 0.15) is 5.82 Å². The fraction of sp³-hybridized carbons (Fsp3) is 0.381. The van der Waals surface area contributed by atoms with E-state index in [1.54, 1.807) is 18.2 Å². The Bertz CT molecular complexity index is 959. The quantitative estimate of drug-likeness (QED) is 0.309. The molecule has 0 saturated carbocycles. The molecule has 0 bridgehead atoms. The summed E-state index contributed by atoms with van der Waals surface area (Å²) in [6.45, 7) is 0.744. The molecular weight excluding hydrogens is 477 g/mol. The first kappa shape index (κ1) is 24.2. The zero-order chi connectivity index (χ0) is 22.2. The summed E-state index contributed by atoms with van der Waals surface area (Å²) in [6.07, 6.45) is 6.56. The highest BCUT2D eigenvalue weighted by atomic mass is 35.5. The number of benzene rings is 1. The van der Waals surface area contributed by atoms with E-state index in [-0.39, 0.29) is 18.3 Å². The van der Waals surface area contributed by atoms with Crippen molar-refractivity contribution < 1.29 is 14.1 Å². The standard InChI is InChI=1S/C21H25Cl2N3O3S2/c22-9-2-1-5-14(23)11-18(27)19-20(24)26-21(30-19)25-15-6-3-8-17(12-15)31(28)13-16-7-4-10-29-16/h1-3,5-6,8,12,16,18,27H,4,7,9-11,13,24H2,(H,25,26)/b2-1-,14-5+. The van der Waals surface area contributed by atoms with Gasteiger partial charge in [0, 0.05) is 34.5 Å². The SMILES string of the molecule is Nc1nc(Nc2cccc(S(=O)CC3CCCO3)c2)sc1C(O)C/C(Cl)=C\C=C/CCl. The fourth-order valence-corrected chi connectivity index (χ4v) is 5.58. The van der Waals surface area contributed by atoms with Crippen LogP contribution in [0.5, 0.6) is 0 Å². The Kier molecular flexibility index (Phi) is 9.37. The molecule has 31 heavy (non-hydrogen) atoms. The van der Waals surface area contributed by atoms with Crippen molar-refractivity contribution in [3.05, 3.63) is 52.4 Å². The molecule has 1 saturated heterocycles. The van der Waals surface area contributed by atoms with Crippen LogP contribution >= 0.6 is 34.5 Å². The number of halogens is 2. The highest BCUT2D eigenvalue weighted by molar-refractivity contribution is 7.85. The van der Waals surface area contributed by atoms with Crippen LogP contribution in [0.2, 0.25) is 0 Å². The van der Waals surface area contributed by atoms with Crippen LogP contribution < -0.4 is 11.1 Å². The summed E-state index contributed by atoms with van der Waals surface area (Å²) >= 11 is 13.0. The van der Waals surface area contributed by atoms with Crippen molar-refractivity contribution >= 4 is 62.0 Å². The fourth-order valence-electron chi connectivity index (χ4n) is 3.09. The second-order valence-corrected chi connectivity index (χ2v) is 10.3. The van der Waals surface area contributed by atoms with Crippen LogP contribution in [0.1, 0.15) is 30.2 Å². The van der Waals surface area contributed by atoms with Crippen molar-refractivity contribution in [1.82, 2.24) is 4.98 Å². The second kappa shape index (κ2) is 12.0. The van der Waals surface area contributed by atoms with Crippen molar-refractivity contribution in [2.24, 2.45) is 0 Å². The van der Waals surface area contributed by atoms with Gasteiger partial charge < -0.3 is 20.9 Å². The number of hydrogen-bond donors (Lipinski definition) is 3. The Morgan fingerprint density at radius 2 is 2.35 bits per heavy atom. The van der Waals surface area contributed by atoms with Crippen LogP contribution in [-0.2, 0) is 15.5 Å². The first-order chi connectivity index (χ1) is 15.0. The minimum absolute atomic E-state index is 0.0616. The summed E-state index contributed by atoms with van der Waals surface area (Å²) in [7, 11) is -1.14. The minimum atomic E-state index is -1.14. The number of nitrogens with zero attached hydrogens (tertiary/aromatic N) is 1. The summed E-state index contributed by atoms with van der Waals surface area (Å²) in [5.74, 6) is 1.14. The number of nitrogens with one attached hydrogen (secondary N) is 1. The molecule has 168 valence electrons. The maximum Gasteiger partial charge on any atom is 0.189 e. The van der Waals surface area contributed by atoms with Crippen molar-refractivity contribution in [3.8, 4) is 0 Å². The Hall–Kier alpha value is -1.42. The van der Waals surface area contributed by atoms with Crippen molar-refractivity contribution in [1.29, 1.82) is 0 Å². The van der Waals surface area contributed by atoms with E-state index in [2.05, 4.69) is 10.3 Å². The van der Waals surface area contributed by atoms with Gasteiger partial charge >= 0.3 is 0 Å². The van der Waals surface area contributed by atoms with Crippen molar-refractivity contribution in [3.63, 3.8) is 0 Å². The summed E-state index contributed by atoms with van der Waals surface area (Å²) in [5, 5.41) is 14.7. The molecule has 1 aliphatic heterocycles. The lowest BCUT2D eigenvalue weighted by Crippen LogP contribution is -2.15. The van der Waals surface area contributed by atoms with Gasteiger partial charge in [-0.25, -0.2) is 4.98 Å². The molecule has 4 N–H and O–H groups in total. The van der Waals surface area contributed by atoms with Gasteiger partial charge in [0.15, 0.2) is 5.13 Å². The number of nitrogen functional groups attached to an aromatic ring is 1. The van der Waals surface area contributed by atoms with Gasteiger partial charge in [-0.3, -0.25) is 4.21 Å². The number of aliphatic hydroxyl groups excluding tert-OH is 1. The molecule has 2 heterocycles. The summed E-state index contributed by atoms with van der Waals surface area (Å²) in [6, 6.07) is 7.39. The first-order valence-corrected chi connectivity index (χ1v) is 12.9. The van der Waals surface area contributed by atoms with Crippen LogP contribution in [-0.4, -0.2) is 38.6 Å². The van der Waals surface area contributed by atoms with Gasteiger partial charge in [0.05, 0.1) is 33.6 Å². The lowest BCUT2D eigenvalue weighted by molar-refractivity contribution is 0.128. The molecule has 0 radical (unpaired) electrons. The molecule has 3 rings (SSSR count). The molecule has 1 aliphatic rings. The number of allylic oxidation sites excluding steroid dienone is 3. The molecule has 3 atom stereocenters. The van der Waals surface area contributed by atoms with E-state index in [0.29, 0.717) is 26.7 Å². The lowest BCUT2D eigenvalue weighted by atomic mass is 10.2. The molecule has 1 fully saturated rings. The van der Waals surface area contributed by atoms with Crippen LogP contribution in [0.25, 0.3) is 0 Å². The third-order valence-corrected chi connectivity index (χ3v) is 7.58. The van der Waals surface area contributed by atoms with Crippen molar-refractivity contribution in [2.75, 3.05) is 29.3 Å². The predicted molar refractivity (Wildman–Crippen MR) is 130 cm³/mol. The van der Waals surface area contributed by atoms with E-state index < -0.39 is 16.9 Å². The van der Waals surface area contributed by atoms with E-state index >= 15 is 0 Å². The monoisotopic (exact) mass is 501 g/mol. The smallest absolute Gasteiger partial charge is 0.189 e. The normalized spacial score (nSPS) is 19.1. The summed E-state index contributed by atoms with van der Waals surface area (Å²) < 4.78 is 18.2. The van der Waals surface area contributed by atoms with Gasteiger partial charge in [-0.15, -0.1) is 11.6 Å². The molecule has 6 nitrogen and oxygen atoms in total. The molecule has 0 spiro atoms. The number of thiazole rings is 1. The highest BCUT2D eigenvalue weighted by Crippen LogP contribution is 2.35. The number of aromatic nitrogens is 1. The van der Waals surface area contributed by atoms with Gasteiger partial charge in [-0.2, -0.15) is 0 Å². The van der Waals surface area contributed by atoms with E-state index in [4.69, 9.17) is 33.7 Å². The highest BCUT2D eigenvalue weighted by Gasteiger charge is 2.20. The number of ether oxygens (including phenoxy) is 1. The number of rotatable bonds is 10. The number of aliphatic hydroxyl groups is 1. The van der Waals surface area contributed by atoms with Gasteiger partial charge in [-0.1, -0.05) is 41.2 Å². The number of anilines is 3. The van der Waals surface area contributed by atoms with Crippen LogP contribution in [0.15, 0.2) is 52.4 Å². The Morgan fingerprint density at radius 1 is 1.52 bits per heavy atom. The average Bonchev–Trinajstić information content (AvgIpc) is 3.37. The third-order valence-electron chi connectivity index (χ3n) is 4.58. The Morgan fingerprint density at radius 3 is 3.10 bits per heavy atom. The van der Waals surface area contributed by atoms with Gasteiger partial charge in [-0.05, 0) is 37.1 Å². The Balaban J connectivity index is 1.65. The molecule has 10 heteroatoms. The van der Waals surface area contributed by atoms with Gasteiger partial charge in [0.25, 0.3) is 0 Å². The molecule has 0 amide bonds. The van der Waals surface area contributed by atoms with E-state index in [1.807, 2.05) is 24.3 Å². The minimum Gasteiger partial charge on any atom is -0.387 e. The van der Waals surface area contributed by atoms with E-state index in [1.165, 1.54) is 11.3 Å². The van der Waals surface area contributed by atoms with Crippen molar-refractivity contribution in [2.45, 2.75) is 36.4 Å². The lowest BCUT2D eigenvalue weighted by Gasteiger charge is -2.10. The molecule has 3 unspecified atom stereocenters. The zero-order valence-corrected chi connectivity index (χ0v) is 19.9. The molecular formula is C21H25Cl2N3O3S2. The largest absolute Gasteiger partial charge is 0.387 e. The second-order valence-electron chi connectivity index (χ2n) is 6.98. The van der Waals surface area contributed by atoms with Crippen LogP contribution in [0.4, 0.5) is 16.6 Å². The molecule has 1 aromatic carbocycles. The number of hydrogen-bond acceptors (Lipinski definition) is 7. The van der Waals surface area contributed by atoms with E-state index in [9.17, 15) is 9.32 Å². The van der Waals surface area contributed by atoms with E-state index in [0.717, 1.165) is 30.0 Å². The molecule has 0 aliphatic carbocycles. The number of nitrogens with two attached hydrogens (primary N) is 1. The number of alkyl halides is 1.